The molecule has 3 rings (SSSR count). The highest BCUT2D eigenvalue weighted by Gasteiger charge is 2.24. The number of hydrogen-bond donors (Lipinski definition) is 0. The summed E-state index contributed by atoms with van der Waals surface area (Å²) in [4.78, 5) is 35.1. The van der Waals surface area contributed by atoms with E-state index in [1.165, 1.54) is 21.3 Å². The maximum atomic E-state index is 11.8. The zero-order valence-electron chi connectivity index (χ0n) is 15.6. The zero-order valence-corrected chi connectivity index (χ0v) is 16.3. The summed E-state index contributed by atoms with van der Waals surface area (Å²) >= 11 is 6.44. The lowest BCUT2D eigenvalue weighted by molar-refractivity contribution is 0.584. The van der Waals surface area contributed by atoms with Crippen LogP contribution in [0.4, 0.5) is 0 Å². The molecule has 6 nitrogen and oxygen atoms in total. The number of aryl methyl sites for hydroxylation is 2. The van der Waals surface area contributed by atoms with E-state index in [1.807, 2.05) is 18.2 Å². The average molecular weight is 398 g/mol. The highest BCUT2D eigenvalue weighted by Crippen LogP contribution is 2.38. The molecule has 7 heteroatoms. The topological polar surface area (TPSA) is 73.4 Å². The molecule has 2 unspecified atom stereocenters. The summed E-state index contributed by atoms with van der Waals surface area (Å²) in [6.07, 6.45) is 3.72. The van der Waals surface area contributed by atoms with Crippen molar-refractivity contribution in [2.75, 3.05) is 0 Å². The fourth-order valence-electron chi connectivity index (χ4n) is 3.30. The molecule has 3 aromatic rings. The lowest BCUT2D eigenvalue weighted by Gasteiger charge is -2.22. The lowest BCUT2D eigenvalue weighted by atomic mass is 9.85. The molecule has 0 amide bonds. The van der Waals surface area contributed by atoms with Crippen molar-refractivity contribution in [3.63, 3.8) is 0 Å². The van der Waals surface area contributed by atoms with Gasteiger partial charge in [0, 0.05) is 49.6 Å². The number of benzene rings is 1. The van der Waals surface area contributed by atoms with Gasteiger partial charge in [0.15, 0.2) is 0 Å². The molecule has 0 aliphatic carbocycles. The summed E-state index contributed by atoms with van der Waals surface area (Å²) in [5.41, 5.74) is 2.08. The number of aromatic nitrogens is 2. The van der Waals surface area contributed by atoms with Crippen LogP contribution in [0.3, 0.4) is 0 Å². The SMILES string of the molecule is Cn1cc(C(CC(c2ccc(=O)n(C)c2)c2ccccc2Cl)N=O)ccc1=O. The minimum Gasteiger partial charge on any atom is -0.318 e. The smallest absolute Gasteiger partial charge is 0.250 e. The van der Waals surface area contributed by atoms with Crippen LogP contribution in [0.1, 0.15) is 35.1 Å². The minimum atomic E-state index is -0.676. The molecule has 0 bridgehead atoms. The zero-order chi connectivity index (χ0) is 20.3. The summed E-state index contributed by atoms with van der Waals surface area (Å²) < 4.78 is 2.92. The fourth-order valence-corrected chi connectivity index (χ4v) is 3.56. The van der Waals surface area contributed by atoms with Gasteiger partial charge in [0.05, 0.1) is 0 Å². The number of pyridine rings is 2. The molecular weight excluding hydrogens is 378 g/mol. The van der Waals surface area contributed by atoms with Gasteiger partial charge in [-0.05, 0) is 35.2 Å². The Balaban J connectivity index is 2.07. The highest BCUT2D eigenvalue weighted by molar-refractivity contribution is 6.31. The molecule has 1 aromatic carbocycles. The number of hydrogen-bond acceptors (Lipinski definition) is 4. The van der Waals surface area contributed by atoms with Crippen LogP contribution in [0.5, 0.6) is 0 Å². The molecule has 2 aromatic heterocycles. The third-order valence-electron chi connectivity index (χ3n) is 4.87. The molecule has 0 N–H and O–H groups in total. The maximum absolute atomic E-state index is 11.8. The van der Waals surface area contributed by atoms with E-state index in [0.29, 0.717) is 17.0 Å². The van der Waals surface area contributed by atoms with E-state index in [0.717, 1.165) is 11.1 Å². The Bertz CT molecular complexity index is 1120. The van der Waals surface area contributed by atoms with Crippen molar-refractivity contribution in [1.29, 1.82) is 0 Å². The van der Waals surface area contributed by atoms with Crippen molar-refractivity contribution in [1.82, 2.24) is 9.13 Å². The molecule has 0 spiro atoms. The first-order chi connectivity index (χ1) is 13.4. The molecule has 144 valence electrons. The Morgan fingerprint density at radius 1 is 0.893 bits per heavy atom. The van der Waals surface area contributed by atoms with E-state index >= 15 is 0 Å². The van der Waals surface area contributed by atoms with Crippen molar-refractivity contribution in [3.05, 3.63) is 108 Å². The van der Waals surface area contributed by atoms with Crippen molar-refractivity contribution >= 4 is 11.6 Å². The van der Waals surface area contributed by atoms with Gasteiger partial charge in [0.1, 0.15) is 6.04 Å². The summed E-state index contributed by atoms with van der Waals surface area (Å²) in [5, 5.41) is 3.89. The van der Waals surface area contributed by atoms with Crippen LogP contribution in [0.2, 0.25) is 5.02 Å². The predicted molar refractivity (Wildman–Crippen MR) is 110 cm³/mol. The number of nitroso groups, excluding NO2 is 1. The largest absolute Gasteiger partial charge is 0.318 e. The van der Waals surface area contributed by atoms with Gasteiger partial charge in [-0.25, -0.2) is 0 Å². The number of halogens is 1. The van der Waals surface area contributed by atoms with E-state index in [4.69, 9.17) is 11.6 Å². The summed E-state index contributed by atoms with van der Waals surface area (Å²) in [6.45, 7) is 0. The van der Waals surface area contributed by atoms with Gasteiger partial charge in [-0.1, -0.05) is 41.0 Å². The summed E-state index contributed by atoms with van der Waals surface area (Å²) in [7, 11) is 3.31. The van der Waals surface area contributed by atoms with Crippen LogP contribution < -0.4 is 11.1 Å². The third kappa shape index (κ3) is 4.12. The molecule has 0 aliphatic heterocycles. The first kappa shape index (κ1) is 19.8. The van der Waals surface area contributed by atoms with E-state index in [2.05, 4.69) is 5.18 Å². The van der Waals surface area contributed by atoms with E-state index in [-0.39, 0.29) is 17.0 Å². The Labute approximate surface area is 167 Å². The van der Waals surface area contributed by atoms with Crippen LogP contribution in [0.25, 0.3) is 0 Å². The van der Waals surface area contributed by atoms with Crippen LogP contribution in [0.15, 0.2) is 75.7 Å². The maximum Gasteiger partial charge on any atom is 0.250 e. The monoisotopic (exact) mass is 397 g/mol. The summed E-state index contributed by atoms with van der Waals surface area (Å²) in [6, 6.07) is 13.0. The van der Waals surface area contributed by atoms with Crippen molar-refractivity contribution in [2.24, 2.45) is 19.3 Å². The van der Waals surface area contributed by atoms with Gasteiger partial charge in [-0.3, -0.25) is 9.59 Å². The molecule has 2 atom stereocenters. The Morgan fingerprint density at radius 2 is 1.46 bits per heavy atom. The van der Waals surface area contributed by atoms with Crippen molar-refractivity contribution < 1.29 is 0 Å². The molecule has 2 heterocycles. The molecule has 28 heavy (non-hydrogen) atoms. The Hall–Kier alpha value is -2.99. The Kier molecular flexibility index (Phi) is 5.90. The number of nitrogens with zero attached hydrogens (tertiary/aromatic N) is 3. The molecular formula is C21H20ClN3O3. The third-order valence-corrected chi connectivity index (χ3v) is 5.22. The second kappa shape index (κ2) is 8.35. The second-order valence-electron chi connectivity index (χ2n) is 6.75. The normalized spacial score (nSPS) is 13.1. The van der Waals surface area contributed by atoms with Gasteiger partial charge in [0.2, 0.25) is 11.1 Å². The molecule has 0 aliphatic rings. The van der Waals surface area contributed by atoms with Crippen LogP contribution in [0, 0.1) is 4.91 Å². The highest BCUT2D eigenvalue weighted by atomic mass is 35.5. The first-order valence-corrected chi connectivity index (χ1v) is 9.18. The first-order valence-electron chi connectivity index (χ1n) is 8.80. The Morgan fingerprint density at radius 3 is 2.04 bits per heavy atom. The number of rotatable bonds is 6. The van der Waals surface area contributed by atoms with Gasteiger partial charge in [-0.15, -0.1) is 0 Å². The summed E-state index contributed by atoms with van der Waals surface area (Å²) in [5.74, 6) is -0.250. The standard InChI is InChI=1S/C21H20ClN3O3/c1-24-12-14(7-9-20(24)26)17(16-5-3-4-6-18(16)22)11-19(23-28)15-8-10-21(27)25(2)13-15/h3-10,12-13,17,19H,11H2,1-2H3. The average Bonchev–Trinajstić information content (AvgIpc) is 2.68. The molecule has 0 radical (unpaired) electrons. The minimum absolute atomic E-state index is 0.121. The van der Waals surface area contributed by atoms with Gasteiger partial charge in [0.25, 0.3) is 0 Å². The van der Waals surface area contributed by atoms with E-state index < -0.39 is 6.04 Å². The molecule has 0 saturated heterocycles. The van der Waals surface area contributed by atoms with Crippen molar-refractivity contribution in [2.45, 2.75) is 18.4 Å². The fraction of sp³-hybridized carbons (Fsp3) is 0.238. The molecule has 0 fully saturated rings. The van der Waals surface area contributed by atoms with E-state index in [9.17, 15) is 14.5 Å². The van der Waals surface area contributed by atoms with Gasteiger partial charge in [-0.2, -0.15) is 4.91 Å². The van der Waals surface area contributed by atoms with Crippen LogP contribution >= 0.6 is 11.6 Å². The van der Waals surface area contributed by atoms with Gasteiger partial charge < -0.3 is 9.13 Å². The lowest BCUT2D eigenvalue weighted by Crippen LogP contribution is -2.18. The molecule has 0 saturated carbocycles. The van der Waals surface area contributed by atoms with Crippen LogP contribution in [-0.2, 0) is 14.1 Å². The van der Waals surface area contributed by atoms with Gasteiger partial charge >= 0.3 is 0 Å². The second-order valence-corrected chi connectivity index (χ2v) is 7.16. The quantitative estimate of drug-likeness (QED) is 0.594. The van der Waals surface area contributed by atoms with Crippen LogP contribution in [-0.4, -0.2) is 9.13 Å². The predicted octanol–water partition coefficient (Wildman–Crippen LogP) is 3.77. The van der Waals surface area contributed by atoms with Crippen molar-refractivity contribution in [3.8, 4) is 0 Å². The van der Waals surface area contributed by atoms with E-state index in [1.54, 1.807) is 44.7 Å².